The monoisotopic (exact) mass is 320 g/mol. The Morgan fingerprint density at radius 1 is 1.12 bits per heavy atom. The van der Waals surface area contributed by atoms with Gasteiger partial charge in [0.25, 0.3) is 5.91 Å². The van der Waals surface area contributed by atoms with Crippen molar-refractivity contribution in [3.8, 4) is 6.07 Å². The highest BCUT2D eigenvalue weighted by Gasteiger charge is 2.22. The first-order chi connectivity index (χ1) is 11.7. The molecule has 0 aliphatic carbocycles. The average Bonchev–Trinajstić information content (AvgIpc) is 2.68. The van der Waals surface area contributed by atoms with Gasteiger partial charge in [0, 0.05) is 37.9 Å². The predicted molar refractivity (Wildman–Crippen MR) is 92.9 cm³/mol. The number of nitrogens with zero attached hydrogens (tertiary/aromatic N) is 4. The van der Waals surface area contributed by atoms with Crippen LogP contribution in [0, 0.1) is 11.3 Å². The van der Waals surface area contributed by atoms with Gasteiger partial charge in [-0.2, -0.15) is 5.26 Å². The third-order valence-corrected chi connectivity index (χ3v) is 4.38. The summed E-state index contributed by atoms with van der Waals surface area (Å²) in [6, 6.07) is 13.6. The molecule has 1 aromatic carbocycles. The Morgan fingerprint density at radius 2 is 1.83 bits per heavy atom. The molecule has 0 N–H and O–H groups in total. The molecule has 122 valence electrons. The maximum absolute atomic E-state index is 12.6. The van der Waals surface area contributed by atoms with Crippen LogP contribution in [0.2, 0.25) is 0 Å². The summed E-state index contributed by atoms with van der Waals surface area (Å²) < 4.78 is 0. The smallest absolute Gasteiger partial charge is 0.253 e. The van der Waals surface area contributed by atoms with E-state index in [9.17, 15) is 4.79 Å². The summed E-state index contributed by atoms with van der Waals surface area (Å²) in [5.74, 6) is 0.943. The van der Waals surface area contributed by atoms with E-state index >= 15 is 0 Å². The number of hydrogen-bond donors (Lipinski definition) is 0. The lowest BCUT2D eigenvalue weighted by Crippen LogP contribution is -2.49. The minimum atomic E-state index is 0.0880. The Bertz CT molecular complexity index is 738. The topological polar surface area (TPSA) is 60.2 Å². The summed E-state index contributed by atoms with van der Waals surface area (Å²) in [6.45, 7) is 4.95. The summed E-state index contributed by atoms with van der Waals surface area (Å²) in [5, 5.41) is 8.83. The van der Waals surface area contributed by atoms with Crippen LogP contribution in [-0.4, -0.2) is 42.0 Å². The average molecular weight is 320 g/mol. The third-order valence-electron chi connectivity index (χ3n) is 4.38. The first-order valence-corrected chi connectivity index (χ1v) is 8.20. The van der Waals surface area contributed by atoms with Gasteiger partial charge in [-0.05, 0) is 36.2 Å². The molecular weight excluding hydrogens is 300 g/mol. The van der Waals surface area contributed by atoms with Gasteiger partial charge < -0.3 is 9.80 Å². The van der Waals surface area contributed by atoms with E-state index in [2.05, 4.69) is 22.9 Å². The summed E-state index contributed by atoms with van der Waals surface area (Å²) in [7, 11) is 0. The number of aromatic nitrogens is 1. The van der Waals surface area contributed by atoms with Crippen molar-refractivity contribution in [2.75, 3.05) is 31.1 Å². The zero-order chi connectivity index (χ0) is 16.9. The molecule has 1 aliphatic rings. The van der Waals surface area contributed by atoms with Crippen molar-refractivity contribution in [2.24, 2.45) is 0 Å². The number of rotatable bonds is 3. The Balaban J connectivity index is 1.61. The van der Waals surface area contributed by atoms with Crippen molar-refractivity contribution < 1.29 is 4.79 Å². The van der Waals surface area contributed by atoms with Gasteiger partial charge in [-0.3, -0.25) is 4.79 Å². The molecular formula is C19H20N4O. The van der Waals surface area contributed by atoms with E-state index in [0.717, 1.165) is 30.9 Å². The van der Waals surface area contributed by atoms with Crippen LogP contribution in [0.4, 0.5) is 5.82 Å². The minimum absolute atomic E-state index is 0.0880. The Hall–Kier alpha value is -2.87. The van der Waals surface area contributed by atoms with E-state index < -0.39 is 0 Å². The Labute approximate surface area is 142 Å². The summed E-state index contributed by atoms with van der Waals surface area (Å²) in [6.07, 6.45) is 2.56. The second kappa shape index (κ2) is 7.14. The van der Waals surface area contributed by atoms with Gasteiger partial charge in [0.05, 0.1) is 5.56 Å². The van der Waals surface area contributed by atoms with Crippen molar-refractivity contribution >= 4 is 11.7 Å². The maximum Gasteiger partial charge on any atom is 0.253 e. The lowest BCUT2D eigenvalue weighted by atomic mass is 10.1. The van der Waals surface area contributed by atoms with Crippen molar-refractivity contribution in [1.82, 2.24) is 9.88 Å². The highest BCUT2D eigenvalue weighted by atomic mass is 16.2. The fraction of sp³-hybridized carbons (Fsp3) is 0.316. The van der Waals surface area contributed by atoms with Crippen molar-refractivity contribution in [3.63, 3.8) is 0 Å². The summed E-state index contributed by atoms with van der Waals surface area (Å²) >= 11 is 0. The highest BCUT2D eigenvalue weighted by molar-refractivity contribution is 5.94. The van der Waals surface area contributed by atoms with Gasteiger partial charge in [-0.1, -0.05) is 19.1 Å². The van der Waals surface area contributed by atoms with Crippen LogP contribution in [0.25, 0.3) is 0 Å². The van der Waals surface area contributed by atoms with Gasteiger partial charge in [0.2, 0.25) is 0 Å². The zero-order valence-electron chi connectivity index (χ0n) is 13.8. The molecule has 2 aromatic rings. The Morgan fingerprint density at radius 3 is 2.38 bits per heavy atom. The molecule has 1 amide bonds. The first kappa shape index (κ1) is 16.0. The number of carbonyl (C=O) groups excluding carboxylic acids is 1. The molecule has 2 heterocycles. The fourth-order valence-electron chi connectivity index (χ4n) is 2.84. The van der Waals surface area contributed by atoms with Gasteiger partial charge >= 0.3 is 0 Å². The molecule has 5 heteroatoms. The van der Waals surface area contributed by atoms with Gasteiger partial charge in [-0.15, -0.1) is 0 Å². The number of pyridine rings is 1. The van der Waals surface area contributed by atoms with Gasteiger partial charge in [0.1, 0.15) is 11.9 Å². The molecule has 0 bridgehead atoms. The predicted octanol–water partition coefficient (Wildman–Crippen LogP) is 2.48. The molecule has 0 spiro atoms. The number of carbonyl (C=O) groups is 1. The van der Waals surface area contributed by atoms with Crippen molar-refractivity contribution in [1.29, 1.82) is 5.26 Å². The van der Waals surface area contributed by atoms with Crippen LogP contribution in [0.15, 0.2) is 42.6 Å². The number of benzene rings is 1. The van der Waals surface area contributed by atoms with Crippen molar-refractivity contribution in [2.45, 2.75) is 13.3 Å². The van der Waals surface area contributed by atoms with Gasteiger partial charge in [-0.25, -0.2) is 4.98 Å². The van der Waals surface area contributed by atoms with E-state index in [-0.39, 0.29) is 5.91 Å². The second-order valence-corrected chi connectivity index (χ2v) is 5.85. The molecule has 1 aliphatic heterocycles. The van der Waals surface area contributed by atoms with Crippen LogP contribution >= 0.6 is 0 Å². The molecule has 0 radical (unpaired) electrons. The highest BCUT2D eigenvalue weighted by Crippen LogP contribution is 2.16. The van der Waals surface area contributed by atoms with Crippen molar-refractivity contribution in [3.05, 3.63) is 59.3 Å². The molecule has 1 saturated heterocycles. The third kappa shape index (κ3) is 3.38. The quantitative estimate of drug-likeness (QED) is 0.872. The van der Waals surface area contributed by atoms with E-state index in [1.54, 1.807) is 12.3 Å². The van der Waals surface area contributed by atoms with E-state index in [1.807, 2.05) is 35.2 Å². The standard InChI is InChI=1S/C19H20N4O/c1-2-15-3-6-17(7-4-15)19(24)23-11-9-22(10-12-23)18-8-5-16(13-20)14-21-18/h3-8,14H,2,9-12H2,1H3. The number of aryl methyl sites for hydroxylation is 1. The van der Waals surface area contributed by atoms with E-state index in [4.69, 9.17) is 5.26 Å². The molecule has 0 saturated carbocycles. The summed E-state index contributed by atoms with van der Waals surface area (Å²) in [5.41, 5.74) is 2.54. The lowest BCUT2D eigenvalue weighted by molar-refractivity contribution is 0.0746. The number of piperazine rings is 1. The van der Waals surface area contributed by atoms with E-state index in [0.29, 0.717) is 18.7 Å². The number of anilines is 1. The normalized spacial score (nSPS) is 14.3. The first-order valence-electron chi connectivity index (χ1n) is 8.20. The molecule has 24 heavy (non-hydrogen) atoms. The molecule has 0 atom stereocenters. The number of nitriles is 1. The van der Waals surface area contributed by atoms with E-state index in [1.165, 1.54) is 5.56 Å². The largest absolute Gasteiger partial charge is 0.353 e. The lowest BCUT2D eigenvalue weighted by Gasteiger charge is -2.35. The summed E-state index contributed by atoms with van der Waals surface area (Å²) in [4.78, 5) is 20.9. The zero-order valence-corrected chi connectivity index (χ0v) is 13.8. The Kier molecular flexibility index (Phi) is 4.76. The number of hydrogen-bond acceptors (Lipinski definition) is 4. The minimum Gasteiger partial charge on any atom is -0.353 e. The molecule has 0 unspecified atom stereocenters. The molecule has 5 nitrogen and oxygen atoms in total. The van der Waals surface area contributed by atoms with Crippen LogP contribution in [-0.2, 0) is 6.42 Å². The van der Waals surface area contributed by atoms with Crippen LogP contribution in [0.3, 0.4) is 0 Å². The maximum atomic E-state index is 12.6. The molecule has 3 rings (SSSR count). The second-order valence-electron chi connectivity index (χ2n) is 5.85. The van der Waals surface area contributed by atoms with Crippen LogP contribution in [0.5, 0.6) is 0 Å². The fourth-order valence-corrected chi connectivity index (χ4v) is 2.84. The van der Waals surface area contributed by atoms with Crippen LogP contribution < -0.4 is 4.90 Å². The van der Waals surface area contributed by atoms with Gasteiger partial charge in [0.15, 0.2) is 0 Å². The SMILES string of the molecule is CCc1ccc(C(=O)N2CCN(c3ccc(C#N)cn3)CC2)cc1. The molecule has 1 fully saturated rings. The molecule has 1 aromatic heterocycles. The number of amides is 1. The van der Waals surface area contributed by atoms with Crippen LogP contribution in [0.1, 0.15) is 28.4 Å².